The zero-order chi connectivity index (χ0) is 22.2. The van der Waals surface area contributed by atoms with Gasteiger partial charge in [-0.25, -0.2) is 12.8 Å². The number of nitrogens with one attached hydrogen (secondary N) is 1. The normalized spacial score (nSPS) is 19.4. The summed E-state index contributed by atoms with van der Waals surface area (Å²) in [5, 5.41) is 2.65. The second kappa shape index (κ2) is 8.27. The largest absolute Gasteiger partial charge is 0.479 e. The number of ether oxygens (including phenoxy) is 1. The number of hydrogen-bond acceptors (Lipinski definition) is 5. The van der Waals surface area contributed by atoms with E-state index in [1.54, 1.807) is 24.0 Å². The Morgan fingerprint density at radius 3 is 2.61 bits per heavy atom. The number of anilines is 1. The zero-order valence-corrected chi connectivity index (χ0v) is 17.7. The summed E-state index contributed by atoms with van der Waals surface area (Å²) in [6.07, 6.45) is -0.582. The maximum Gasteiger partial charge on any atom is 0.265 e. The van der Waals surface area contributed by atoms with E-state index in [1.165, 1.54) is 34.6 Å². The van der Waals surface area contributed by atoms with Gasteiger partial charge in [-0.15, -0.1) is 0 Å². The van der Waals surface area contributed by atoms with Crippen LogP contribution in [0.1, 0.15) is 12.5 Å². The smallest absolute Gasteiger partial charge is 0.265 e. The van der Waals surface area contributed by atoms with Crippen LogP contribution in [0.5, 0.6) is 5.75 Å². The van der Waals surface area contributed by atoms with Crippen LogP contribution in [0.15, 0.2) is 47.4 Å². The summed E-state index contributed by atoms with van der Waals surface area (Å²) in [6.45, 7) is 2.39. The summed E-state index contributed by atoms with van der Waals surface area (Å²) >= 11 is 0. The Morgan fingerprint density at radius 2 is 1.90 bits per heavy atom. The van der Waals surface area contributed by atoms with Gasteiger partial charge in [0, 0.05) is 26.2 Å². The summed E-state index contributed by atoms with van der Waals surface area (Å²) in [6, 6.07) is 10.2. The fraction of sp³-hybridized carbons (Fsp3) is 0.333. The van der Waals surface area contributed by atoms with Crippen LogP contribution < -0.4 is 10.1 Å². The maximum absolute atomic E-state index is 13.3. The van der Waals surface area contributed by atoms with E-state index < -0.39 is 21.9 Å². The molecule has 2 heterocycles. The standard InChI is InChI=1S/C21H22FN3O5S/c1-14-21(27)23-18-13-17(5-6-19(18)30-14)31(28,29)25-9-7-24(8-10-25)20(26)12-15-3-2-4-16(22)11-15/h2-6,11,13-14H,7-10,12H2,1H3,(H,23,27)/t14-/m1/s1. The number of nitrogens with zero attached hydrogens (tertiary/aromatic N) is 2. The van der Waals surface area contributed by atoms with Crippen molar-refractivity contribution in [1.29, 1.82) is 0 Å². The van der Waals surface area contributed by atoms with Crippen LogP contribution >= 0.6 is 0 Å². The van der Waals surface area contributed by atoms with E-state index in [2.05, 4.69) is 5.32 Å². The van der Waals surface area contributed by atoms with E-state index in [-0.39, 0.29) is 49.3 Å². The lowest BCUT2D eigenvalue weighted by Crippen LogP contribution is -2.50. The highest BCUT2D eigenvalue weighted by Crippen LogP contribution is 2.33. The number of amides is 2. The Hall–Kier alpha value is -2.98. The Kier molecular flexibility index (Phi) is 5.67. The molecule has 2 aliphatic rings. The summed E-state index contributed by atoms with van der Waals surface area (Å²) in [4.78, 5) is 25.9. The van der Waals surface area contributed by atoms with Gasteiger partial charge in [-0.1, -0.05) is 12.1 Å². The number of piperazine rings is 1. The molecular formula is C21H22FN3O5S. The number of halogens is 1. The first kappa shape index (κ1) is 21.3. The van der Waals surface area contributed by atoms with Crippen molar-refractivity contribution >= 4 is 27.5 Å². The molecule has 0 bridgehead atoms. The molecule has 0 aromatic heterocycles. The fourth-order valence-electron chi connectivity index (χ4n) is 3.61. The van der Waals surface area contributed by atoms with Crippen molar-refractivity contribution in [3.8, 4) is 5.75 Å². The van der Waals surface area contributed by atoms with E-state index in [4.69, 9.17) is 4.74 Å². The summed E-state index contributed by atoms with van der Waals surface area (Å²) in [5.41, 5.74) is 0.890. The van der Waals surface area contributed by atoms with Gasteiger partial charge < -0.3 is 15.0 Å². The van der Waals surface area contributed by atoms with Crippen molar-refractivity contribution in [1.82, 2.24) is 9.21 Å². The third-order valence-corrected chi connectivity index (χ3v) is 7.25. The van der Waals surface area contributed by atoms with Crippen LogP contribution in [-0.4, -0.2) is 61.7 Å². The molecule has 2 amide bonds. The van der Waals surface area contributed by atoms with Gasteiger partial charge >= 0.3 is 0 Å². The Labute approximate surface area is 179 Å². The topological polar surface area (TPSA) is 96.0 Å². The van der Waals surface area contributed by atoms with Crippen LogP contribution in [0.4, 0.5) is 10.1 Å². The molecule has 0 aliphatic carbocycles. The lowest BCUT2D eigenvalue weighted by atomic mass is 10.1. The molecule has 1 N–H and O–H groups in total. The van der Waals surface area contributed by atoms with E-state index in [9.17, 15) is 22.4 Å². The van der Waals surface area contributed by atoms with Crippen LogP contribution in [0.3, 0.4) is 0 Å². The fourth-order valence-corrected chi connectivity index (χ4v) is 5.06. The molecule has 10 heteroatoms. The first-order valence-corrected chi connectivity index (χ1v) is 11.3. The van der Waals surface area contributed by atoms with E-state index in [0.717, 1.165) is 0 Å². The van der Waals surface area contributed by atoms with Crippen LogP contribution in [0.25, 0.3) is 0 Å². The lowest BCUT2D eigenvalue weighted by molar-refractivity contribution is -0.131. The molecule has 1 fully saturated rings. The van der Waals surface area contributed by atoms with Crippen LogP contribution in [0, 0.1) is 5.82 Å². The predicted molar refractivity (Wildman–Crippen MR) is 111 cm³/mol. The van der Waals surface area contributed by atoms with Crippen molar-refractivity contribution in [3.63, 3.8) is 0 Å². The van der Waals surface area contributed by atoms with Crippen molar-refractivity contribution in [2.24, 2.45) is 0 Å². The summed E-state index contributed by atoms with van der Waals surface area (Å²) in [5.74, 6) is -0.501. The summed E-state index contributed by atoms with van der Waals surface area (Å²) < 4.78 is 46.2. The van der Waals surface area contributed by atoms with Crippen molar-refractivity contribution < 1.29 is 27.1 Å². The molecule has 0 spiro atoms. The minimum Gasteiger partial charge on any atom is -0.479 e. The number of carbonyl (C=O) groups excluding carboxylic acids is 2. The van der Waals surface area contributed by atoms with Gasteiger partial charge in [0.2, 0.25) is 15.9 Å². The minimum absolute atomic E-state index is 0.0456. The number of sulfonamides is 1. The number of fused-ring (bicyclic) bond motifs is 1. The molecule has 0 saturated carbocycles. The number of rotatable bonds is 4. The molecule has 1 atom stereocenters. The van der Waals surface area contributed by atoms with E-state index in [0.29, 0.717) is 17.0 Å². The SMILES string of the molecule is C[C@H]1Oc2ccc(S(=O)(=O)N3CCN(C(=O)Cc4cccc(F)c4)CC3)cc2NC1=O. The third kappa shape index (κ3) is 4.40. The lowest BCUT2D eigenvalue weighted by Gasteiger charge is -2.34. The Morgan fingerprint density at radius 1 is 1.16 bits per heavy atom. The highest BCUT2D eigenvalue weighted by molar-refractivity contribution is 7.89. The zero-order valence-electron chi connectivity index (χ0n) is 16.9. The second-order valence-electron chi connectivity index (χ2n) is 7.50. The van der Waals surface area contributed by atoms with E-state index >= 15 is 0 Å². The minimum atomic E-state index is -3.80. The van der Waals surface area contributed by atoms with Gasteiger partial charge in [-0.3, -0.25) is 9.59 Å². The van der Waals surface area contributed by atoms with E-state index in [1.807, 2.05) is 0 Å². The molecule has 164 valence electrons. The number of benzene rings is 2. The quantitative estimate of drug-likeness (QED) is 0.769. The summed E-state index contributed by atoms with van der Waals surface area (Å²) in [7, 11) is -3.80. The van der Waals surface area contributed by atoms with Crippen molar-refractivity contribution in [3.05, 3.63) is 53.8 Å². The first-order valence-electron chi connectivity index (χ1n) is 9.88. The van der Waals surface area contributed by atoms with Gasteiger partial charge in [-0.2, -0.15) is 4.31 Å². The second-order valence-corrected chi connectivity index (χ2v) is 9.44. The van der Waals surface area contributed by atoms with Gasteiger partial charge in [-0.05, 0) is 42.8 Å². The van der Waals surface area contributed by atoms with Crippen molar-refractivity contribution in [2.75, 3.05) is 31.5 Å². The molecule has 0 unspecified atom stereocenters. The molecule has 8 nitrogen and oxygen atoms in total. The molecule has 2 aliphatic heterocycles. The Bertz CT molecular complexity index is 1130. The Balaban J connectivity index is 1.42. The highest BCUT2D eigenvalue weighted by atomic mass is 32.2. The van der Waals surface area contributed by atoms with Gasteiger partial charge in [0.05, 0.1) is 17.0 Å². The van der Waals surface area contributed by atoms with Gasteiger partial charge in [0.25, 0.3) is 5.91 Å². The molecule has 31 heavy (non-hydrogen) atoms. The third-order valence-electron chi connectivity index (χ3n) is 5.36. The highest BCUT2D eigenvalue weighted by Gasteiger charge is 2.32. The first-order chi connectivity index (χ1) is 14.7. The van der Waals surface area contributed by atoms with Crippen LogP contribution in [-0.2, 0) is 26.0 Å². The van der Waals surface area contributed by atoms with Crippen LogP contribution in [0.2, 0.25) is 0 Å². The van der Waals surface area contributed by atoms with Gasteiger partial charge in [0.15, 0.2) is 6.10 Å². The van der Waals surface area contributed by atoms with Crippen molar-refractivity contribution in [2.45, 2.75) is 24.3 Å². The molecule has 1 saturated heterocycles. The molecule has 2 aromatic rings. The molecular weight excluding hydrogens is 425 g/mol. The van der Waals surface area contributed by atoms with Gasteiger partial charge in [0.1, 0.15) is 11.6 Å². The predicted octanol–water partition coefficient (Wildman–Crippen LogP) is 1.62. The number of carbonyl (C=O) groups is 2. The molecule has 4 rings (SSSR count). The number of hydrogen-bond donors (Lipinski definition) is 1. The average molecular weight is 447 g/mol. The molecule has 2 aromatic carbocycles. The monoisotopic (exact) mass is 447 g/mol. The maximum atomic E-state index is 13.3. The molecule has 0 radical (unpaired) electrons. The average Bonchev–Trinajstić information content (AvgIpc) is 2.74.